The molecular formula is C32H29F2N3O4. The van der Waals surface area contributed by atoms with Crippen molar-refractivity contribution in [1.82, 2.24) is 15.3 Å². The first-order valence-corrected chi connectivity index (χ1v) is 13.5. The van der Waals surface area contributed by atoms with Crippen LogP contribution in [0.1, 0.15) is 57.8 Å². The molecule has 0 saturated heterocycles. The molecule has 9 heteroatoms. The second kappa shape index (κ2) is 9.83. The third kappa shape index (κ3) is 4.85. The zero-order valence-electron chi connectivity index (χ0n) is 22.9. The van der Waals surface area contributed by atoms with E-state index < -0.39 is 29.5 Å². The highest BCUT2D eigenvalue weighted by molar-refractivity contribution is 6.02. The third-order valence-electron chi connectivity index (χ3n) is 7.45. The number of hydrogen-bond donors (Lipinski definition) is 2. The van der Waals surface area contributed by atoms with Crippen molar-refractivity contribution in [3.8, 4) is 22.5 Å². The Kier molecular flexibility index (Phi) is 6.40. The Labute approximate surface area is 234 Å². The number of alkyl halides is 2. The monoisotopic (exact) mass is 557 g/mol. The lowest BCUT2D eigenvalue weighted by molar-refractivity contribution is 0.0377. The number of nitrogens with zero attached hydrogens (tertiary/aromatic N) is 1. The number of aromatic amines is 1. The Morgan fingerprint density at radius 2 is 1.73 bits per heavy atom. The summed E-state index contributed by atoms with van der Waals surface area (Å²) in [5.41, 5.74) is 1.79. The molecule has 5 aromatic rings. The molecular weight excluding hydrogens is 528 g/mol. The first-order valence-electron chi connectivity index (χ1n) is 13.5. The van der Waals surface area contributed by atoms with E-state index in [0.29, 0.717) is 28.0 Å². The molecule has 6 rings (SSSR count). The van der Waals surface area contributed by atoms with Gasteiger partial charge in [-0.2, -0.15) is 0 Å². The number of benzene rings is 3. The van der Waals surface area contributed by atoms with Crippen LogP contribution in [0, 0.1) is 0 Å². The number of halogens is 2. The molecule has 0 spiro atoms. The van der Waals surface area contributed by atoms with Crippen LogP contribution >= 0.6 is 0 Å². The van der Waals surface area contributed by atoms with Crippen LogP contribution < -0.4 is 10.7 Å². The summed E-state index contributed by atoms with van der Waals surface area (Å²) in [6, 6.07) is 19.8. The van der Waals surface area contributed by atoms with Crippen molar-refractivity contribution in [2.45, 2.75) is 57.6 Å². The van der Waals surface area contributed by atoms with E-state index in [1.807, 2.05) is 75.4 Å². The van der Waals surface area contributed by atoms with E-state index in [-0.39, 0.29) is 21.9 Å². The van der Waals surface area contributed by atoms with Gasteiger partial charge in [0.15, 0.2) is 11.4 Å². The lowest BCUT2D eigenvalue weighted by atomic mass is 9.71. The smallest absolute Gasteiger partial charge is 0.408 e. The average molecular weight is 558 g/mol. The maximum atomic E-state index is 14.0. The maximum absolute atomic E-state index is 14.0. The molecule has 0 radical (unpaired) electrons. The second-order valence-electron chi connectivity index (χ2n) is 11.4. The molecule has 1 amide bonds. The van der Waals surface area contributed by atoms with Crippen molar-refractivity contribution < 1.29 is 22.7 Å². The van der Waals surface area contributed by atoms with Gasteiger partial charge in [0.25, 0.3) is 6.43 Å². The largest absolute Gasteiger partial charge is 0.453 e. The fraction of sp³-hybridized carbons (Fsp3) is 0.281. The summed E-state index contributed by atoms with van der Waals surface area (Å²) in [7, 11) is 0. The number of aromatic nitrogens is 2. The zero-order chi connectivity index (χ0) is 28.9. The fourth-order valence-electron chi connectivity index (χ4n) is 5.37. The van der Waals surface area contributed by atoms with Crippen molar-refractivity contribution >= 4 is 28.1 Å². The van der Waals surface area contributed by atoms with Gasteiger partial charge in [0.05, 0.1) is 22.0 Å². The maximum Gasteiger partial charge on any atom is 0.408 e. The van der Waals surface area contributed by atoms with Gasteiger partial charge in [-0.25, -0.2) is 18.6 Å². The topological polar surface area (TPSA) is 97.2 Å². The van der Waals surface area contributed by atoms with Crippen LogP contribution in [0.5, 0.6) is 0 Å². The summed E-state index contributed by atoms with van der Waals surface area (Å²) in [6.45, 7) is 5.47. The quantitative estimate of drug-likeness (QED) is 0.229. The summed E-state index contributed by atoms with van der Waals surface area (Å²) < 4.78 is 38.6. The Morgan fingerprint density at radius 1 is 1.02 bits per heavy atom. The van der Waals surface area contributed by atoms with Crippen LogP contribution in [0.25, 0.3) is 44.5 Å². The number of carbonyl (C=O) groups is 1. The molecule has 0 atom stereocenters. The Balaban J connectivity index is 1.47. The molecule has 1 saturated carbocycles. The highest BCUT2D eigenvalue weighted by Gasteiger charge is 2.41. The van der Waals surface area contributed by atoms with Crippen LogP contribution in [0.3, 0.4) is 0 Å². The molecule has 41 heavy (non-hydrogen) atoms. The third-order valence-corrected chi connectivity index (χ3v) is 7.45. The Hall–Kier alpha value is -4.53. The average Bonchev–Trinajstić information content (AvgIpc) is 3.36. The van der Waals surface area contributed by atoms with Gasteiger partial charge in [-0.05, 0) is 63.3 Å². The zero-order valence-corrected chi connectivity index (χ0v) is 22.9. The first-order chi connectivity index (χ1) is 19.5. The Morgan fingerprint density at radius 3 is 2.34 bits per heavy atom. The van der Waals surface area contributed by atoms with E-state index in [2.05, 4.69) is 15.3 Å². The molecule has 0 unspecified atom stereocenters. The number of H-pyrrole nitrogens is 1. The highest BCUT2D eigenvalue weighted by Crippen LogP contribution is 2.43. The number of amides is 1. The molecule has 2 aromatic heterocycles. The molecule has 7 nitrogen and oxygen atoms in total. The van der Waals surface area contributed by atoms with E-state index in [1.165, 1.54) is 0 Å². The van der Waals surface area contributed by atoms with E-state index in [1.54, 1.807) is 12.1 Å². The summed E-state index contributed by atoms with van der Waals surface area (Å²) in [5, 5.41) is 3.30. The SMILES string of the molecule is CC(C)(C)OC(=O)NC1(c2ccc(-c3c(-c4ccccc4)oc4c(ccc5[nH]c(C(F)F)nc54)c3=O)cc2)CCC1. The van der Waals surface area contributed by atoms with Crippen LogP contribution in [0.2, 0.25) is 0 Å². The van der Waals surface area contributed by atoms with Crippen LogP contribution in [-0.4, -0.2) is 21.7 Å². The van der Waals surface area contributed by atoms with Gasteiger partial charge in [-0.15, -0.1) is 0 Å². The number of rotatable bonds is 5. The minimum Gasteiger partial charge on any atom is -0.453 e. The molecule has 1 aliphatic rings. The van der Waals surface area contributed by atoms with Gasteiger partial charge in [0.1, 0.15) is 16.9 Å². The number of carbonyl (C=O) groups excluding carboxylic acids is 1. The predicted octanol–water partition coefficient (Wildman–Crippen LogP) is 7.84. The molecule has 1 aliphatic carbocycles. The normalized spacial score (nSPS) is 14.8. The van der Waals surface area contributed by atoms with Gasteiger partial charge >= 0.3 is 6.09 Å². The van der Waals surface area contributed by atoms with Crippen molar-refractivity contribution in [1.29, 1.82) is 0 Å². The van der Waals surface area contributed by atoms with Crippen LogP contribution in [-0.2, 0) is 10.3 Å². The van der Waals surface area contributed by atoms with Gasteiger partial charge in [0.2, 0.25) is 5.43 Å². The van der Waals surface area contributed by atoms with Crippen molar-refractivity contribution in [3.05, 3.63) is 88.3 Å². The Bertz CT molecular complexity index is 1820. The number of fused-ring (bicyclic) bond motifs is 3. The summed E-state index contributed by atoms with van der Waals surface area (Å²) in [5.74, 6) is -0.170. The summed E-state index contributed by atoms with van der Waals surface area (Å²) in [6.07, 6.45) is -0.737. The van der Waals surface area contributed by atoms with Gasteiger partial charge in [-0.3, -0.25) is 4.79 Å². The lowest BCUT2D eigenvalue weighted by Crippen LogP contribution is -2.52. The summed E-state index contributed by atoms with van der Waals surface area (Å²) in [4.78, 5) is 33.3. The van der Waals surface area contributed by atoms with E-state index in [0.717, 1.165) is 24.8 Å². The number of alkyl carbamates (subject to hydrolysis) is 1. The number of imidazole rings is 1. The van der Waals surface area contributed by atoms with Gasteiger partial charge in [0, 0.05) is 5.56 Å². The predicted molar refractivity (Wildman–Crippen MR) is 153 cm³/mol. The molecule has 0 bridgehead atoms. The van der Waals surface area contributed by atoms with Gasteiger partial charge in [-0.1, -0.05) is 54.6 Å². The standard InChI is InChI=1S/C32H29F2N3O4/c1-31(2,3)41-30(39)37-32(16-7-17-32)20-12-10-18(11-13-20)23-25(38)21-14-15-22-24(36-29(35-22)28(33)34)27(21)40-26(23)19-8-5-4-6-9-19/h4-6,8-15,28H,7,16-17H2,1-3H3,(H,35,36)(H,37,39). The van der Waals surface area contributed by atoms with Crippen molar-refractivity contribution in [3.63, 3.8) is 0 Å². The fourth-order valence-corrected chi connectivity index (χ4v) is 5.37. The van der Waals surface area contributed by atoms with Crippen molar-refractivity contribution in [2.24, 2.45) is 0 Å². The molecule has 2 N–H and O–H groups in total. The van der Waals surface area contributed by atoms with E-state index >= 15 is 0 Å². The molecule has 210 valence electrons. The highest BCUT2D eigenvalue weighted by atomic mass is 19.3. The number of ether oxygens (including phenoxy) is 1. The number of hydrogen-bond acceptors (Lipinski definition) is 5. The van der Waals surface area contributed by atoms with Crippen molar-refractivity contribution in [2.75, 3.05) is 0 Å². The van der Waals surface area contributed by atoms with E-state index in [4.69, 9.17) is 9.15 Å². The first kappa shape index (κ1) is 26.7. The van der Waals surface area contributed by atoms with E-state index in [9.17, 15) is 18.4 Å². The minimum atomic E-state index is -2.79. The van der Waals surface area contributed by atoms with Crippen LogP contribution in [0.4, 0.5) is 13.6 Å². The van der Waals surface area contributed by atoms with Crippen LogP contribution in [0.15, 0.2) is 75.9 Å². The molecule has 2 heterocycles. The molecule has 0 aliphatic heterocycles. The van der Waals surface area contributed by atoms with Gasteiger partial charge < -0.3 is 19.5 Å². The minimum absolute atomic E-state index is 0.143. The summed E-state index contributed by atoms with van der Waals surface area (Å²) >= 11 is 0. The molecule has 1 fully saturated rings. The second-order valence-corrected chi connectivity index (χ2v) is 11.4. The molecule has 3 aromatic carbocycles. The lowest BCUT2D eigenvalue weighted by Gasteiger charge is -2.43. The number of nitrogens with one attached hydrogen (secondary N) is 2.